The Morgan fingerprint density at radius 3 is 1.82 bits per heavy atom. The predicted octanol–water partition coefficient (Wildman–Crippen LogP) is 7.59. The third-order valence-electron chi connectivity index (χ3n) is 8.88. The molecular formula is C30H27F6N2S+. The van der Waals surface area contributed by atoms with Crippen LogP contribution in [0.3, 0.4) is 0 Å². The Bertz CT molecular complexity index is 1540. The first-order valence-electron chi connectivity index (χ1n) is 12.7. The van der Waals surface area contributed by atoms with Crippen LogP contribution in [0.2, 0.25) is 0 Å². The van der Waals surface area contributed by atoms with Gasteiger partial charge in [-0.25, -0.2) is 9.48 Å². The number of thioether (sulfide) groups is 1. The van der Waals surface area contributed by atoms with Crippen LogP contribution in [-0.2, 0) is 0 Å². The molecule has 2 aliphatic heterocycles. The molecular weight excluding hydrogens is 534 g/mol. The first-order valence-corrected chi connectivity index (χ1v) is 13.5. The highest BCUT2D eigenvalue weighted by Gasteiger charge is 2.86. The lowest BCUT2D eigenvalue weighted by molar-refractivity contribution is -0.588. The van der Waals surface area contributed by atoms with Crippen LogP contribution < -0.4 is 0 Å². The lowest BCUT2D eigenvalue weighted by Gasteiger charge is -2.45. The number of amidine groups is 1. The molecule has 1 saturated carbocycles. The van der Waals surface area contributed by atoms with Crippen molar-refractivity contribution in [1.29, 1.82) is 0 Å². The molecule has 2 nitrogen and oxygen atoms in total. The molecule has 2 aromatic carbocycles. The fraction of sp³-hybridized carbons (Fsp3) is 0.367. The summed E-state index contributed by atoms with van der Waals surface area (Å²) in [4.78, 5) is 2.04. The zero-order valence-corrected chi connectivity index (χ0v) is 22.9. The number of halogens is 6. The van der Waals surface area contributed by atoms with Crippen molar-refractivity contribution < 1.29 is 30.9 Å². The Kier molecular flexibility index (Phi) is 5.28. The number of rotatable bonds is 3. The summed E-state index contributed by atoms with van der Waals surface area (Å²) in [7, 11) is 1.51. The molecule has 6 rings (SSSR count). The molecule has 0 N–H and O–H groups in total. The Morgan fingerprint density at radius 2 is 1.28 bits per heavy atom. The summed E-state index contributed by atoms with van der Waals surface area (Å²) in [5.74, 6) is -15.2. The van der Waals surface area contributed by atoms with Crippen LogP contribution in [0.15, 0.2) is 88.7 Å². The van der Waals surface area contributed by atoms with Crippen molar-refractivity contribution in [3.8, 4) is 0 Å². The SMILES string of the molecule is CC[N+]1=C(c2ccccc2)N(C)C2=C3C(=C4C(C)=C(c5ccccc5)SC4(C)C21C)C(F)(F)C(F)(F)C3(F)F. The Balaban J connectivity index is 1.79. The fourth-order valence-corrected chi connectivity index (χ4v) is 8.74. The second-order valence-electron chi connectivity index (χ2n) is 10.7. The molecule has 39 heavy (non-hydrogen) atoms. The topological polar surface area (TPSA) is 6.25 Å². The smallest absolute Gasteiger partial charge is 0.247 e. The van der Waals surface area contributed by atoms with E-state index >= 15 is 26.3 Å². The molecule has 2 heterocycles. The van der Waals surface area contributed by atoms with E-state index in [9.17, 15) is 0 Å². The van der Waals surface area contributed by atoms with Crippen molar-refractivity contribution in [1.82, 2.24) is 4.90 Å². The minimum Gasteiger partial charge on any atom is -0.247 e. The summed E-state index contributed by atoms with van der Waals surface area (Å²) in [5.41, 5.74) is -2.48. The summed E-state index contributed by atoms with van der Waals surface area (Å²) in [6.45, 7) is 7.22. The second kappa shape index (κ2) is 7.83. The third kappa shape index (κ3) is 2.80. The number of likely N-dealkylation sites (N-methyl/N-ethyl adjacent to an activating group) is 2. The van der Waals surface area contributed by atoms with Crippen LogP contribution in [0.25, 0.3) is 4.91 Å². The van der Waals surface area contributed by atoms with Gasteiger partial charge in [-0.1, -0.05) is 48.5 Å². The monoisotopic (exact) mass is 561 g/mol. The van der Waals surface area contributed by atoms with Crippen LogP contribution in [0, 0.1) is 0 Å². The van der Waals surface area contributed by atoms with Gasteiger partial charge in [0.25, 0.3) is 5.84 Å². The maximum Gasteiger partial charge on any atom is 0.380 e. The standard InChI is InChI=1S/C30H27F6N2S/c1-6-38-25(19-15-11-8-12-16-19)37(5)24-22-21(28(31,32)30(35,36)29(22,33)34)20-17(2)23(18-13-9-7-10-14-18)39-27(20,4)26(24,38)3/h7-16H,6H2,1-5H3/q+1. The number of hydrogen-bond acceptors (Lipinski definition) is 2. The van der Waals surface area contributed by atoms with Gasteiger partial charge in [-0.15, -0.1) is 11.8 Å². The second-order valence-corrected chi connectivity index (χ2v) is 12.1. The van der Waals surface area contributed by atoms with E-state index in [1.165, 1.54) is 23.7 Å². The summed E-state index contributed by atoms with van der Waals surface area (Å²) in [6.07, 6.45) is 0. The first kappa shape index (κ1) is 26.3. The van der Waals surface area contributed by atoms with Crippen LogP contribution in [-0.4, -0.2) is 57.0 Å². The van der Waals surface area contributed by atoms with E-state index in [0.29, 0.717) is 28.4 Å². The molecule has 4 aliphatic rings. The fourth-order valence-electron chi connectivity index (χ4n) is 7.06. The summed E-state index contributed by atoms with van der Waals surface area (Å²) in [5, 5.41) is 0. The van der Waals surface area contributed by atoms with Crippen LogP contribution in [0.5, 0.6) is 0 Å². The number of benzene rings is 2. The quantitative estimate of drug-likeness (QED) is 0.281. The van der Waals surface area contributed by atoms with Gasteiger partial charge >= 0.3 is 17.8 Å². The van der Waals surface area contributed by atoms with Gasteiger partial charge < -0.3 is 0 Å². The molecule has 0 radical (unpaired) electrons. The van der Waals surface area contributed by atoms with Gasteiger partial charge in [-0.05, 0) is 56.5 Å². The van der Waals surface area contributed by atoms with Crippen molar-refractivity contribution in [2.75, 3.05) is 13.6 Å². The van der Waals surface area contributed by atoms with E-state index in [-0.39, 0.29) is 11.3 Å². The zero-order chi connectivity index (χ0) is 28.3. The number of allylic oxidation sites excluding steroid dienone is 3. The van der Waals surface area contributed by atoms with E-state index < -0.39 is 39.2 Å². The predicted molar refractivity (Wildman–Crippen MR) is 141 cm³/mol. The lowest BCUT2D eigenvalue weighted by atomic mass is 9.67. The highest BCUT2D eigenvalue weighted by molar-refractivity contribution is 8.10. The first-order chi connectivity index (χ1) is 18.2. The summed E-state index contributed by atoms with van der Waals surface area (Å²) in [6, 6.07) is 18.0. The molecule has 2 atom stereocenters. The molecule has 2 aliphatic carbocycles. The third-order valence-corrected chi connectivity index (χ3v) is 10.6. The molecule has 0 bridgehead atoms. The van der Waals surface area contributed by atoms with Crippen molar-refractivity contribution in [2.24, 2.45) is 0 Å². The van der Waals surface area contributed by atoms with Gasteiger partial charge in [0.1, 0.15) is 0 Å². The number of fused-ring (bicyclic) bond motifs is 4. The average Bonchev–Trinajstić information content (AvgIpc) is 3.35. The van der Waals surface area contributed by atoms with E-state index in [1.54, 1.807) is 57.2 Å². The maximum absolute atomic E-state index is 15.8. The Labute approximate surface area is 227 Å². The van der Waals surface area contributed by atoms with Gasteiger partial charge in [0.05, 0.1) is 29.5 Å². The number of nitrogens with zero attached hydrogens (tertiary/aromatic N) is 2. The molecule has 0 saturated heterocycles. The van der Waals surface area contributed by atoms with Crippen LogP contribution in [0.4, 0.5) is 26.3 Å². The lowest BCUT2D eigenvalue weighted by Crippen LogP contribution is -2.58. The summed E-state index contributed by atoms with van der Waals surface area (Å²) >= 11 is 1.28. The normalized spacial score (nSPS) is 30.3. The Morgan fingerprint density at radius 1 is 0.769 bits per heavy atom. The maximum atomic E-state index is 15.8. The molecule has 0 amide bonds. The van der Waals surface area contributed by atoms with Crippen molar-refractivity contribution in [2.45, 2.75) is 55.7 Å². The van der Waals surface area contributed by atoms with Gasteiger partial charge in [0, 0.05) is 10.5 Å². The van der Waals surface area contributed by atoms with E-state index in [0.717, 1.165) is 5.56 Å². The van der Waals surface area contributed by atoms with Gasteiger partial charge in [-0.3, -0.25) is 0 Å². The van der Waals surface area contributed by atoms with E-state index in [2.05, 4.69) is 0 Å². The number of hydrogen-bond donors (Lipinski definition) is 0. The molecule has 2 unspecified atom stereocenters. The van der Waals surface area contributed by atoms with Gasteiger partial charge in [0.15, 0.2) is 11.2 Å². The zero-order valence-electron chi connectivity index (χ0n) is 22.1. The van der Waals surface area contributed by atoms with Crippen LogP contribution >= 0.6 is 11.8 Å². The highest BCUT2D eigenvalue weighted by Crippen LogP contribution is 2.73. The molecule has 0 aromatic heterocycles. The van der Waals surface area contributed by atoms with E-state index in [4.69, 9.17) is 0 Å². The van der Waals surface area contributed by atoms with Crippen molar-refractivity contribution in [3.63, 3.8) is 0 Å². The molecule has 204 valence electrons. The Hall–Kier alpha value is -2.94. The van der Waals surface area contributed by atoms with Crippen molar-refractivity contribution >= 4 is 22.5 Å². The largest absolute Gasteiger partial charge is 0.380 e. The van der Waals surface area contributed by atoms with E-state index in [1.807, 2.05) is 35.8 Å². The van der Waals surface area contributed by atoms with Gasteiger partial charge in [-0.2, -0.15) is 26.3 Å². The minimum atomic E-state index is -5.59. The molecule has 0 spiro atoms. The molecule has 1 fully saturated rings. The number of alkyl halides is 6. The highest BCUT2D eigenvalue weighted by atomic mass is 32.2. The molecule has 9 heteroatoms. The minimum absolute atomic E-state index is 0.129. The molecule has 2 aromatic rings. The average molecular weight is 562 g/mol. The van der Waals surface area contributed by atoms with Crippen molar-refractivity contribution in [3.05, 3.63) is 99.8 Å². The van der Waals surface area contributed by atoms with Crippen LogP contribution in [0.1, 0.15) is 38.8 Å². The summed E-state index contributed by atoms with van der Waals surface area (Å²) < 4.78 is 94.2. The van der Waals surface area contributed by atoms with Gasteiger partial charge in [0.2, 0.25) is 0 Å².